The van der Waals surface area contributed by atoms with Gasteiger partial charge in [-0.3, -0.25) is 4.99 Å². The molecule has 1 aromatic heterocycles. The predicted octanol–water partition coefficient (Wildman–Crippen LogP) is 2.24. The van der Waals surface area contributed by atoms with E-state index in [-0.39, 0.29) is 0 Å². The third kappa shape index (κ3) is 2.88. The Hall–Kier alpha value is -1.23. The first-order valence-electron chi connectivity index (χ1n) is 5.22. The van der Waals surface area contributed by atoms with Crippen molar-refractivity contribution in [1.82, 2.24) is 4.98 Å². The number of ether oxygens (including phenoxy) is 1. The topological polar surface area (TPSA) is 46.5 Å². The summed E-state index contributed by atoms with van der Waals surface area (Å²) in [4.78, 5) is 8.59. The molecule has 2 rings (SSSR count). The number of aromatic nitrogens is 1. The van der Waals surface area contributed by atoms with E-state index in [1.165, 1.54) is 0 Å². The van der Waals surface area contributed by atoms with Crippen molar-refractivity contribution in [3.05, 3.63) is 18.3 Å². The van der Waals surface area contributed by atoms with Gasteiger partial charge in [0.1, 0.15) is 0 Å². The van der Waals surface area contributed by atoms with Gasteiger partial charge in [-0.25, -0.2) is 4.98 Å². The van der Waals surface area contributed by atoms with Crippen molar-refractivity contribution >= 4 is 22.6 Å². The van der Waals surface area contributed by atoms with Gasteiger partial charge in [0.05, 0.1) is 19.0 Å². The first-order chi connectivity index (χ1) is 7.78. The molecule has 0 radical (unpaired) electrons. The average Bonchev–Trinajstić information content (AvgIpc) is 2.33. The molecule has 2 heterocycles. The van der Waals surface area contributed by atoms with Crippen LogP contribution in [-0.2, 0) is 0 Å². The lowest BCUT2D eigenvalue weighted by Crippen LogP contribution is -2.18. The van der Waals surface area contributed by atoms with Gasteiger partial charge in [0.2, 0.25) is 5.88 Å². The van der Waals surface area contributed by atoms with Crippen LogP contribution >= 0.6 is 11.8 Å². The molecular formula is C11H15N3OS. The molecule has 0 aromatic carbocycles. The minimum atomic E-state index is 0.623. The third-order valence-electron chi connectivity index (χ3n) is 2.25. The van der Waals surface area contributed by atoms with Gasteiger partial charge in [0.15, 0.2) is 5.17 Å². The van der Waals surface area contributed by atoms with Crippen LogP contribution in [0, 0.1) is 5.92 Å². The van der Waals surface area contributed by atoms with E-state index < -0.39 is 0 Å². The van der Waals surface area contributed by atoms with E-state index in [0.717, 1.165) is 23.2 Å². The van der Waals surface area contributed by atoms with Crippen molar-refractivity contribution in [2.24, 2.45) is 10.9 Å². The average molecular weight is 237 g/mol. The van der Waals surface area contributed by atoms with Crippen molar-refractivity contribution < 1.29 is 4.74 Å². The summed E-state index contributed by atoms with van der Waals surface area (Å²) in [5, 5.41) is 4.22. The van der Waals surface area contributed by atoms with Gasteiger partial charge in [0, 0.05) is 18.4 Å². The Morgan fingerprint density at radius 2 is 2.38 bits per heavy atom. The number of nitrogens with zero attached hydrogens (tertiary/aromatic N) is 2. The van der Waals surface area contributed by atoms with Crippen molar-refractivity contribution in [3.8, 4) is 5.88 Å². The van der Waals surface area contributed by atoms with Crippen LogP contribution < -0.4 is 10.1 Å². The van der Waals surface area contributed by atoms with Crippen LogP contribution in [0.4, 0.5) is 5.69 Å². The summed E-state index contributed by atoms with van der Waals surface area (Å²) in [5.41, 5.74) is 0.946. The Labute approximate surface area is 99.5 Å². The lowest BCUT2D eigenvalue weighted by atomic mass is 10.2. The van der Waals surface area contributed by atoms with E-state index >= 15 is 0 Å². The number of pyridine rings is 1. The Morgan fingerprint density at radius 3 is 2.94 bits per heavy atom. The number of aliphatic imine (C=N–C) groups is 1. The summed E-state index contributed by atoms with van der Waals surface area (Å²) in [6, 6.07) is 3.77. The second-order valence-electron chi connectivity index (χ2n) is 3.78. The zero-order valence-corrected chi connectivity index (χ0v) is 10.3. The molecule has 4 nitrogen and oxygen atoms in total. The molecule has 16 heavy (non-hydrogen) atoms. The summed E-state index contributed by atoms with van der Waals surface area (Å²) in [7, 11) is 1.61. The summed E-state index contributed by atoms with van der Waals surface area (Å²) in [6.07, 6.45) is 1.75. The van der Waals surface area contributed by atoms with Gasteiger partial charge in [-0.15, -0.1) is 0 Å². The van der Waals surface area contributed by atoms with Crippen molar-refractivity contribution in [3.63, 3.8) is 0 Å². The molecule has 0 bridgehead atoms. The molecule has 0 saturated carbocycles. The van der Waals surface area contributed by atoms with E-state index in [1.54, 1.807) is 25.1 Å². The second kappa shape index (κ2) is 5.21. The number of anilines is 1. The highest BCUT2D eigenvalue weighted by Crippen LogP contribution is 2.19. The van der Waals surface area contributed by atoms with Crippen molar-refractivity contribution in [1.29, 1.82) is 0 Å². The monoisotopic (exact) mass is 237 g/mol. The quantitative estimate of drug-likeness (QED) is 0.857. The minimum absolute atomic E-state index is 0.623. The Kier molecular flexibility index (Phi) is 3.66. The molecule has 1 aliphatic rings. The lowest BCUT2D eigenvalue weighted by molar-refractivity contribution is 0.398. The number of thioether (sulfide) groups is 1. The zero-order valence-electron chi connectivity index (χ0n) is 9.43. The Morgan fingerprint density at radius 1 is 1.50 bits per heavy atom. The highest BCUT2D eigenvalue weighted by Gasteiger charge is 2.11. The molecule has 0 saturated heterocycles. The van der Waals surface area contributed by atoms with E-state index in [0.29, 0.717) is 11.8 Å². The number of rotatable bonds is 2. The highest BCUT2D eigenvalue weighted by molar-refractivity contribution is 8.14. The van der Waals surface area contributed by atoms with Crippen LogP contribution in [0.2, 0.25) is 0 Å². The van der Waals surface area contributed by atoms with Crippen LogP contribution in [0.5, 0.6) is 5.88 Å². The van der Waals surface area contributed by atoms with Crippen molar-refractivity contribution in [2.45, 2.75) is 6.92 Å². The second-order valence-corrected chi connectivity index (χ2v) is 4.78. The summed E-state index contributed by atoms with van der Waals surface area (Å²) in [5.74, 6) is 2.41. The maximum absolute atomic E-state index is 5.00. The third-order valence-corrected chi connectivity index (χ3v) is 3.49. The number of amidine groups is 1. The first kappa shape index (κ1) is 11.3. The van der Waals surface area contributed by atoms with E-state index in [9.17, 15) is 0 Å². The SMILES string of the molecule is COc1ccc(NC2=NCC(C)CS2)cn1. The van der Waals surface area contributed by atoms with Gasteiger partial charge in [-0.05, 0) is 12.0 Å². The fourth-order valence-corrected chi connectivity index (χ4v) is 2.24. The van der Waals surface area contributed by atoms with E-state index in [2.05, 4.69) is 22.2 Å². The summed E-state index contributed by atoms with van der Waals surface area (Å²) < 4.78 is 5.00. The molecule has 0 aliphatic carbocycles. The number of nitrogens with one attached hydrogen (secondary N) is 1. The maximum atomic E-state index is 5.00. The normalized spacial score (nSPS) is 20.1. The lowest BCUT2D eigenvalue weighted by Gasteiger charge is -2.17. The summed E-state index contributed by atoms with van der Waals surface area (Å²) in [6.45, 7) is 3.11. The molecule has 86 valence electrons. The van der Waals surface area contributed by atoms with Gasteiger partial charge >= 0.3 is 0 Å². The zero-order chi connectivity index (χ0) is 11.4. The smallest absolute Gasteiger partial charge is 0.213 e. The molecule has 1 unspecified atom stereocenters. The minimum Gasteiger partial charge on any atom is -0.481 e. The first-order valence-corrected chi connectivity index (χ1v) is 6.21. The predicted molar refractivity (Wildman–Crippen MR) is 68.3 cm³/mol. The summed E-state index contributed by atoms with van der Waals surface area (Å²) >= 11 is 1.76. The molecule has 1 aliphatic heterocycles. The van der Waals surface area contributed by atoms with Crippen LogP contribution in [0.3, 0.4) is 0 Å². The largest absolute Gasteiger partial charge is 0.481 e. The Balaban J connectivity index is 1.98. The molecule has 1 N–H and O–H groups in total. The molecule has 5 heteroatoms. The molecule has 0 spiro atoms. The fourth-order valence-electron chi connectivity index (χ4n) is 1.33. The Bertz CT molecular complexity index is 377. The van der Waals surface area contributed by atoms with Crippen LogP contribution in [0.25, 0.3) is 0 Å². The van der Waals surface area contributed by atoms with Gasteiger partial charge < -0.3 is 10.1 Å². The van der Waals surface area contributed by atoms with Crippen LogP contribution in [0.15, 0.2) is 23.3 Å². The van der Waals surface area contributed by atoms with Crippen LogP contribution in [0.1, 0.15) is 6.92 Å². The molecule has 0 amide bonds. The highest BCUT2D eigenvalue weighted by atomic mass is 32.2. The number of hydrogen-bond acceptors (Lipinski definition) is 5. The van der Waals surface area contributed by atoms with Gasteiger partial charge in [-0.1, -0.05) is 18.7 Å². The van der Waals surface area contributed by atoms with E-state index in [4.69, 9.17) is 4.74 Å². The van der Waals surface area contributed by atoms with E-state index in [1.807, 2.05) is 12.1 Å². The van der Waals surface area contributed by atoms with Crippen molar-refractivity contribution in [2.75, 3.05) is 24.7 Å². The van der Waals surface area contributed by atoms with Gasteiger partial charge in [-0.2, -0.15) is 0 Å². The standard InChI is InChI=1S/C11H15N3OS/c1-8-5-13-11(16-7-8)14-9-3-4-10(15-2)12-6-9/h3-4,6,8H,5,7H2,1-2H3,(H,13,14). The number of hydrogen-bond donors (Lipinski definition) is 1. The van der Waals surface area contributed by atoms with Gasteiger partial charge in [0.25, 0.3) is 0 Å². The number of methoxy groups -OCH3 is 1. The maximum Gasteiger partial charge on any atom is 0.213 e. The molecular weight excluding hydrogens is 222 g/mol. The van der Waals surface area contributed by atoms with Crippen LogP contribution in [-0.4, -0.2) is 29.6 Å². The fraction of sp³-hybridized carbons (Fsp3) is 0.455. The molecule has 1 aromatic rings. The molecule has 1 atom stereocenters. The molecule has 0 fully saturated rings.